The molecule has 2 N–H and O–H groups in total. The molecule has 3 nitrogen and oxygen atoms in total. The molecule has 1 amide bonds. The minimum atomic E-state index is 0.00733. The number of amides is 1. The fourth-order valence-corrected chi connectivity index (χ4v) is 1.55. The molecule has 1 aromatic carbocycles. The Balaban J connectivity index is 2.57. The molecule has 0 fully saturated rings. The van der Waals surface area contributed by atoms with Crippen molar-refractivity contribution in [2.24, 2.45) is 0 Å². The molecular formula is C11H15BrN2O. The van der Waals surface area contributed by atoms with E-state index in [4.69, 9.17) is 0 Å². The van der Waals surface area contributed by atoms with Gasteiger partial charge in [-0.25, -0.2) is 0 Å². The molecule has 0 bridgehead atoms. The van der Waals surface area contributed by atoms with Crippen molar-refractivity contribution in [3.05, 3.63) is 34.3 Å². The number of benzene rings is 1. The van der Waals surface area contributed by atoms with E-state index in [1.54, 1.807) is 7.05 Å². The molecular weight excluding hydrogens is 256 g/mol. The lowest BCUT2D eigenvalue weighted by molar-refractivity contribution is -0.120. The zero-order valence-corrected chi connectivity index (χ0v) is 10.5. The fraction of sp³-hybridized carbons (Fsp3) is 0.364. The number of likely N-dealkylation sites (N-methyl/N-ethyl adjacent to an activating group) is 1. The molecule has 0 saturated heterocycles. The maximum absolute atomic E-state index is 11.3. The van der Waals surface area contributed by atoms with Gasteiger partial charge in [-0.1, -0.05) is 28.1 Å². The smallest absolute Gasteiger partial charge is 0.234 e. The predicted molar refractivity (Wildman–Crippen MR) is 64.6 cm³/mol. The zero-order valence-electron chi connectivity index (χ0n) is 8.88. The van der Waals surface area contributed by atoms with Crippen LogP contribution in [-0.2, 0) is 4.79 Å². The van der Waals surface area contributed by atoms with Gasteiger partial charge >= 0.3 is 0 Å². The molecule has 0 aliphatic heterocycles. The quantitative estimate of drug-likeness (QED) is 0.877. The summed E-state index contributed by atoms with van der Waals surface area (Å²) in [6, 6.07) is 7.97. The van der Waals surface area contributed by atoms with Gasteiger partial charge in [0.05, 0.1) is 12.6 Å². The number of rotatable bonds is 4. The summed E-state index contributed by atoms with van der Waals surface area (Å²) < 4.78 is 1.04. The van der Waals surface area contributed by atoms with Crippen molar-refractivity contribution in [1.82, 2.24) is 10.6 Å². The zero-order chi connectivity index (χ0) is 11.3. The maximum Gasteiger partial charge on any atom is 0.234 e. The number of carbonyl (C=O) groups excluding carboxylic acids is 1. The highest BCUT2D eigenvalue weighted by atomic mass is 79.9. The number of carbonyl (C=O) groups is 1. The Kier molecular flexibility index (Phi) is 4.78. The molecule has 0 aromatic heterocycles. The molecule has 0 heterocycles. The van der Waals surface area contributed by atoms with Gasteiger partial charge in [-0.2, -0.15) is 0 Å². The third-order valence-corrected chi connectivity index (χ3v) is 2.61. The second-order valence-corrected chi connectivity index (χ2v) is 4.29. The molecule has 0 saturated carbocycles. The summed E-state index contributed by atoms with van der Waals surface area (Å²) in [4.78, 5) is 11.3. The Morgan fingerprint density at radius 2 is 2.00 bits per heavy atom. The molecule has 15 heavy (non-hydrogen) atoms. The fourth-order valence-electron chi connectivity index (χ4n) is 1.29. The molecule has 0 aliphatic rings. The van der Waals surface area contributed by atoms with Crippen molar-refractivity contribution >= 4 is 21.8 Å². The topological polar surface area (TPSA) is 41.1 Å². The summed E-state index contributed by atoms with van der Waals surface area (Å²) in [5, 5.41) is 5.71. The first kappa shape index (κ1) is 12.2. The Labute approximate surface area is 98.4 Å². The number of halogens is 1. The summed E-state index contributed by atoms with van der Waals surface area (Å²) in [6.07, 6.45) is 0. The average molecular weight is 271 g/mol. The SMILES string of the molecule is CNCC(=O)N[C@@H](C)c1ccc(Br)cc1. The van der Waals surface area contributed by atoms with E-state index in [1.165, 1.54) is 0 Å². The van der Waals surface area contributed by atoms with Gasteiger partial charge in [-0.3, -0.25) is 4.79 Å². The molecule has 1 aromatic rings. The van der Waals surface area contributed by atoms with Crippen LogP contribution in [-0.4, -0.2) is 19.5 Å². The Hall–Kier alpha value is -0.870. The summed E-state index contributed by atoms with van der Waals surface area (Å²) >= 11 is 3.37. The molecule has 1 rings (SSSR count). The van der Waals surface area contributed by atoms with Crippen molar-refractivity contribution < 1.29 is 4.79 Å². The highest BCUT2D eigenvalue weighted by Gasteiger charge is 2.07. The van der Waals surface area contributed by atoms with Crippen molar-refractivity contribution in [1.29, 1.82) is 0 Å². The Morgan fingerprint density at radius 1 is 1.40 bits per heavy atom. The van der Waals surface area contributed by atoms with Crippen LogP contribution in [0.5, 0.6) is 0 Å². The van der Waals surface area contributed by atoms with Crippen LogP contribution >= 0.6 is 15.9 Å². The second-order valence-electron chi connectivity index (χ2n) is 3.37. The van der Waals surface area contributed by atoms with Gasteiger partial charge in [0.2, 0.25) is 5.91 Å². The van der Waals surface area contributed by atoms with Crippen molar-refractivity contribution in [3.63, 3.8) is 0 Å². The van der Waals surface area contributed by atoms with Crippen LogP contribution in [0.15, 0.2) is 28.7 Å². The Morgan fingerprint density at radius 3 is 2.53 bits per heavy atom. The molecule has 0 radical (unpaired) electrons. The van der Waals surface area contributed by atoms with Gasteiger partial charge < -0.3 is 10.6 Å². The summed E-state index contributed by atoms with van der Waals surface area (Å²) in [6.45, 7) is 2.32. The van der Waals surface area contributed by atoms with Gasteiger partial charge in [0.25, 0.3) is 0 Å². The van der Waals surface area contributed by atoms with Crippen LogP contribution in [0.3, 0.4) is 0 Å². The minimum Gasteiger partial charge on any atom is -0.348 e. The number of hydrogen-bond acceptors (Lipinski definition) is 2. The van der Waals surface area contributed by atoms with Crippen molar-refractivity contribution in [2.45, 2.75) is 13.0 Å². The monoisotopic (exact) mass is 270 g/mol. The average Bonchev–Trinajstić information content (AvgIpc) is 2.18. The maximum atomic E-state index is 11.3. The number of hydrogen-bond donors (Lipinski definition) is 2. The molecule has 0 spiro atoms. The van der Waals surface area contributed by atoms with E-state index < -0.39 is 0 Å². The molecule has 1 atom stereocenters. The van der Waals surface area contributed by atoms with Crippen LogP contribution < -0.4 is 10.6 Å². The van der Waals surface area contributed by atoms with Gasteiger partial charge in [0.15, 0.2) is 0 Å². The highest BCUT2D eigenvalue weighted by Crippen LogP contribution is 2.16. The standard InChI is InChI=1S/C11H15BrN2O/c1-8(14-11(15)7-13-2)9-3-5-10(12)6-4-9/h3-6,8,13H,7H2,1-2H3,(H,14,15)/t8-/m0/s1. The summed E-state index contributed by atoms with van der Waals surface area (Å²) in [5.41, 5.74) is 1.10. The lowest BCUT2D eigenvalue weighted by atomic mass is 10.1. The largest absolute Gasteiger partial charge is 0.348 e. The molecule has 4 heteroatoms. The third-order valence-electron chi connectivity index (χ3n) is 2.08. The van der Waals surface area contributed by atoms with Crippen LogP contribution in [0, 0.1) is 0 Å². The van der Waals surface area contributed by atoms with Gasteiger partial charge in [0.1, 0.15) is 0 Å². The third kappa shape index (κ3) is 4.01. The number of nitrogens with one attached hydrogen (secondary N) is 2. The van der Waals surface area contributed by atoms with E-state index in [-0.39, 0.29) is 11.9 Å². The molecule has 0 aliphatic carbocycles. The first-order chi connectivity index (χ1) is 7.13. The molecule has 82 valence electrons. The minimum absolute atomic E-state index is 0.00733. The first-order valence-corrected chi connectivity index (χ1v) is 5.62. The van der Waals surface area contributed by atoms with E-state index >= 15 is 0 Å². The predicted octanol–water partition coefficient (Wildman–Crippen LogP) is 1.85. The van der Waals surface area contributed by atoms with E-state index in [0.29, 0.717) is 6.54 Å². The Bertz CT molecular complexity index is 324. The van der Waals surface area contributed by atoms with E-state index in [0.717, 1.165) is 10.0 Å². The van der Waals surface area contributed by atoms with Gasteiger partial charge in [0, 0.05) is 4.47 Å². The second kappa shape index (κ2) is 5.88. The van der Waals surface area contributed by atoms with E-state index in [2.05, 4.69) is 26.6 Å². The lowest BCUT2D eigenvalue weighted by Gasteiger charge is -2.14. The molecule has 0 unspecified atom stereocenters. The first-order valence-electron chi connectivity index (χ1n) is 4.83. The lowest BCUT2D eigenvalue weighted by Crippen LogP contribution is -2.33. The van der Waals surface area contributed by atoms with Crippen molar-refractivity contribution in [3.8, 4) is 0 Å². The normalized spacial score (nSPS) is 12.2. The highest BCUT2D eigenvalue weighted by molar-refractivity contribution is 9.10. The van der Waals surface area contributed by atoms with Crippen LogP contribution in [0.2, 0.25) is 0 Å². The van der Waals surface area contributed by atoms with E-state index in [9.17, 15) is 4.79 Å². The van der Waals surface area contributed by atoms with Crippen LogP contribution in [0.25, 0.3) is 0 Å². The van der Waals surface area contributed by atoms with Crippen LogP contribution in [0.1, 0.15) is 18.5 Å². The van der Waals surface area contributed by atoms with Gasteiger partial charge in [-0.05, 0) is 31.7 Å². The van der Waals surface area contributed by atoms with E-state index in [1.807, 2.05) is 31.2 Å². The summed E-state index contributed by atoms with van der Waals surface area (Å²) in [5.74, 6) is 0.00733. The van der Waals surface area contributed by atoms with Gasteiger partial charge in [-0.15, -0.1) is 0 Å². The summed E-state index contributed by atoms with van der Waals surface area (Å²) in [7, 11) is 1.75. The van der Waals surface area contributed by atoms with Crippen LogP contribution in [0.4, 0.5) is 0 Å². The van der Waals surface area contributed by atoms with Crippen molar-refractivity contribution in [2.75, 3.05) is 13.6 Å².